The highest BCUT2D eigenvalue weighted by molar-refractivity contribution is 7.13. The van der Waals surface area contributed by atoms with Crippen LogP contribution >= 0.6 is 11.3 Å². The number of nitrogens with zero attached hydrogens (tertiary/aromatic N) is 2. The molecule has 0 aliphatic heterocycles. The van der Waals surface area contributed by atoms with Crippen molar-refractivity contribution in [3.8, 4) is 5.19 Å². The lowest BCUT2D eigenvalue weighted by atomic mass is 10.0. The van der Waals surface area contributed by atoms with Gasteiger partial charge in [0.05, 0.1) is 11.4 Å². The van der Waals surface area contributed by atoms with Gasteiger partial charge in [0.15, 0.2) is 0 Å². The maximum Gasteiger partial charge on any atom is 0.274 e. The van der Waals surface area contributed by atoms with Crippen LogP contribution in [0, 0.1) is 0 Å². The van der Waals surface area contributed by atoms with E-state index in [9.17, 15) is 0 Å². The highest BCUT2D eigenvalue weighted by Gasteiger charge is 2.15. The van der Waals surface area contributed by atoms with Gasteiger partial charge in [0.1, 0.15) is 6.61 Å². The highest BCUT2D eigenvalue weighted by atomic mass is 32.1. The van der Waals surface area contributed by atoms with E-state index >= 15 is 0 Å². The molecular weight excluding hydrogens is 232 g/mol. The first-order chi connectivity index (χ1) is 8.42. The molecule has 0 unspecified atom stereocenters. The molecule has 0 atom stereocenters. The fraction of sp³-hybridized carbons (Fsp3) is 0.385. The monoisotopic (exact) mass is 246 g/mol. The molecule has 0 saturated carbocycles. The molecule has 1 aliphatic carbocycles. The first-order valence-electron chi connectivity index (χ1n) is 5.93. The van der Waals surface area contributed by atoms with E-state index in [1.54, 1.807) is 17.5 Å². The second-order valence-corrected chi connectivity index (χ2v) is 5.21. The van der Waals surface area contributed by atoms with Gasteiger partial charge >= 0.3 is 0 Å². The minimum atomic E-state index is 0.507. The van der Waals surface area contributed by atoms with Crippen molar-refractivity contribution in [2.45, 2.75) is 32.3 Å². The average molecular weight is 246 g/mol. The fourth-order valence-electron chi connectivity index (χ4n) is 2.01. The van der Waals surface area contributed by atoms with Gasteiger partial charge in [-0.15, -0.1) is 0 Å². The summed E-state index contributed by atoms with van der Waals surface area (Å²) in [6.07, 6.45) is 6.61. The molecule has 3 rings (SSSR count). The standard InChI is InChI=1S/C13H14N2OS/c1-2-7-12-11(6-1)15-13(17-12)16-9-10-5-3-4-8-14-10/h3-5,8H,1-2,6-7,9H2. The summed E-state index contributed by atoms with van der Waals surface area (Å²) in [5, 5.41) is 0.794. The van der Waals surface area contributed by atoms with E-state index in [1.165, 1.54) is 29.8 Å². The smallest absolute Gasteiger partial charge is 0.274 e. The SMILES string of the molecule is c1ccc(COc2nc3c(s2)CCCC3)nc1. The Balaban J connectivity index is 1.67. The lowest BCUT2D eigenvalue weighted by Crippen LogP contribution is -1.99. The topological polar surface area (TPSA) is 35.0 Å². The van der Waals surface area contributed by atoms with Gasteiger partial charge in [-0.3, -0.25) is 4.98 Å². The molecule has 88 valence electrons. The molecule has 0 fully saturated rings. The zero-order chi connectivity index (χ0) is 11.5. The predicted molar refractivity (Wildman–Crippen MR) is 67.3 cm³/mol. The summed E-state index contributed by atoms with van der Waals surface area (Å²) in [5.41, 5.74) is 2.19. The summed E-state index contributed by atoms with van der Waals surface area (Å²) in [4.78, 5) is 10.2. The van der Waals surface area contributed by atoms with Crippen LogP contribution in [-0.4, -0.2) is 9.97 Å². The molecule has 1 aliphatic rings. The van der Waals surface area contributed by atoms with Crippen LogP contribution in [0.25, 0.3) is 0 Å². The lowest BCUT2D eigenvalue weighted by molar-refractivity contribution is 0.299. The molecule has 0 N–H and O–H groups in total. The molecule has 2 aromatic heterocycles. The van der Waals surface area contributed by atoms with Crippen LogP contribution in [0.1, 0.15) is 29.1 Å². The summed E-state index contributed by atoms with van der Waals surface area (Å²) in [7, 11) is 0. The van der Waals surface area contributed by atoms with Gasteiger partial charge in [-0.05, 0) is 37.8 Å². The molecule has 2 heterocycles. The molecule has 0 radical (unpaired) electrons. The van der Waals surface area contributed by atoms with Crippen molar-refractivity contribution < 1.29 is 4.74 Å². The number of pyridine rings is 1. The zero-order valence-electron chi connectivity index (χ0n) is 9.56. The Morgan fingerprint density at radius 3 is 3.00 bits per heavy atom. The number of rotatable bonds is 3. The summed E-state index contributed by atoms with van der Waals surface area (Å²) < 4.78 is 5.69. The molecule has 3 nitrogen and oxygen atoms in total. The Morgan fingerprint density at radius 1 is 1.24 bits per heavy atom. The quantitative estimate of drug-likeness (QED) is 0.835. The third kappa shape index (κ3) is 2.47. The van der Waals surface area contributed by atoms with Crippen molar-refractivity contribution in [1.82, 2.24) is 9.97 Å². The molecule has 4 heteroatoms. The summed E-state index contributed by atoms with van der Waals surface area (Å²) >= 11 is 1.69. The number of thiazole rings is 1. The largest absolute Gasteiger partial charge is 0.464 e. The molecule has 0 amide bonds. The number of aryl methyl sites for hydroxylation is 2. The van der Waals surface area contributed by atoms with E-state index in [0.717, 1.165) is 17.3 Å². The van der Waals surface area contributed by atoms with Crippen molar-refractivity contribution in [2.75, 3.05) is 0 Å². The van der Waals surface area contributed by atoms with Gasteiger partial charge in [0, 0.05) is 11.1 Å². The molecule has 0 bridgehead atoms. The van der Waals surface area contributed by atoms with E-state index in [1.807, 2.05) is 18.2 Å². The summed E-state index contributed by atoms with van der Waals surface area (Å²) in [5.74, 6) is 0. The Morgan fingerprint density at radius 2 is 2.18 bits per heavy atom. The predicted octanol–water partition coefficient (Wildman–Crippen LogP) is 3.00. The first-order valence-corrected chi connectivity index (χ1v) is 6.75. The van der Waals surface area contributed by atoms with E-state index in [4.69, 9.17) is 4.74 Å². The van der Waals surface area contributed by atoms with E-state index in [2.05, 4.69) is 9.97 Å². The van der Waals surface area contributed by atoms with Crippen LogP contribution in [0.2, 0.25) is 0 Å². The van der Waals surface area contributed by atoms with Crippen LogP contribution in [0.15, 0.2) is 24.4 Å². The zero-order valence-corrected chi connectivity index (χ0v) is 10.4. The number of fused-ring (bicyclic) bond motifs is 1. The molecule has 0 saturated heterocycles. The average Bonchev–Trinajstić information content (AvgIpc) is 2.80. The second-order valence-electron chi connectivity index (χ2n) is 4.17. The van der Waals surface area contributed by atoms with Gasteiger partial charge in [0.2, 0.25) is 0 Å². The molecule has 2 aromatic rings. The van der Waals surface area contributed by atoms with Gasteiger partial charge < -0.3 is 4.74 Å². The van der Waals surface area contributed by atoms with Crippen molar-refractivity contribution in [3.63, 3.8) is 0 Å². The number of hydrogen-bond donors (Lipinski definition) is 0. The van der Waals surface area contributed by atoms with Crippen molar-refractivity contribution in [1.29, 1.82) is 0 Å². The minimum Gasteiger partial charge on any atom is -0.464 e. The van der Waals surface area contributed by atoms with Crippen molar-refractivity contribution >= 4 is 11.3 Å². The van der Waals surface area contributed by atoms with Crippen molar-refractivity contribution in [2.24, 2.45) is 0 Å². The Labute approximate surface area is 105 Å². The summed E-state index contributed by atoms with van der Waals surface area (Å²) in [6, 6.07) is 5.84. The Hall–Kier alpha value is -1.42. The second kappa shape index (κ2) is 4.84. The molecule has 17 heavy (non-hydrogen) atoms. The van der Waals surface area contributed by atoms with Gasteiger partial charge in [0.25, 0.3) is 5.19 Å². The van der Waals surface area contributed by atoms with E-state index in [0.29, 0.717) is 6.61 Å². The molecule has 0 aromatic carbocycles. The van der Waals surface area contributed by atoms with Gasteiger partial charge in [-0.25, -0.2) is 4.98 Å². The summed E-state index contributed by atoms with van der Waals surface area (Å²) in [6.45, 7) is 0.507. The number of aromatic nitrogens is 2. The fourth-order valence-corrected chi connectivity index (χ4v) is 3.01. The van der Waals surface area contributed by atoms with E-state index < -0.39 is 0 Å². The van der Waals surface area contributed by atoms with Crippen LogP contribution in [0.5, 0.6) is 5.19 Å². The van der Waals surface area contributed by atoms with Crippen LogP contribution in [-0.2, 0) is 19.4 Å². The number of ether oxygens (including phenoxy) is 1. The van der Waals surface area contributed by atoms with Crippen LogP contribution < -0.4 is 4.74 Å². The maximum atomic E-state index is 5.69. The third-order valence-electron chi connectivity index (χ3n) is 2.90. The number of hydrogen-bond acceptors (Lipinski definition) is 4. The van der Waals surface area contributed by atoms with Crippen molar-refractivity contribution in [3.05, 3.63) is 40.7 Å². The Kier molecular flexibility index (Phi) is 3.05. The van der Waals surface area contributed by atoms with Gasteiger partial charge in [-0.2, -0.15) is 0 Å². The maximum absolute atomic E-state index is 5.69. The molecular formula is C13H14N2OS. The Bertz CT molecular complexity index is 472. The van der Waals surface area contributed by atoms with Gasteiger partial charge in [-0.1, -0.05) is 17.4 Å². The minimum absolute atomic E-state index is 0.507. The normalized spacial score (nSPS) is 14.4. The van der Waals surface area contributed by atoms with Crippen LogP contribution in [0.3, 0.4) is 0 Å². The lowest BCUT2D eigenvalue weighted by Gasteiger charge is -2.06. The molecule has 0 spiro atoms. The van der Waals surface area contributed by atoms with Crippen LogP contribution in [0.4, 0.5) is 0 Å². The van der Waals surface area contributed by atoms with E-state index in [-0.39, 0.29) is 0 Å². The third-order valence-corrected chi connectivity index (χ3v) is 3.97. The first kappa shape index (κ1) is 10.7. The highest BCUT2D eigenvalue weighted by Crippen LogP contribution is 2.31.